The van der Waals surface area contributed by atoms with Crippen LogP contribution in [-0.4, -0.2) is 26.6 Å². The Morgan fingerprint density at radius 3 is 2.67 bits per heavy atom. The molecule has 5 aliphatic rings. The Labute approximate surface area is 319 Å². The Morgan fingerprint density at radius 1 is 1.04 bits per heavy atom. The van der Waals surface area contributed by atoms with Crippen LogP contribution in [0.15, 0.2) is 49.6 Å². The summed E-state index contributed by atoms with van der Waals surface area (Å²) < 4.78 is 15.7. The van der Waals surface area contributed by atoms with Crippen molar-refractivity contribution in [3.63, 3.8) is 0 Å². The fourth-order valence-corrected chi connectivity index (χ4v) is 16.0. The van der Waals surface area contributed by atoms with Crippen molar-refractivity contribution in [3.8, 4) is 0 Å². The fraction of sp³-hybridized carbons (Fsp3) is 0.644. The standard InChI is InChI=1S/C45H57BrO4Se/c1-26(2)10-9-11-27(3)35-18-19-36-32-17-15-30-25-31(20-22-44(30,4)37(32)21-23-45(35,36)5)49-42(47)34-24-29-14-16-33-38(46)40(28-12-7-6-8-13-28)51-41(33)39(29)50-43(34)48/h12,14-16,24,26-27,31-32,35-37H,6-11,13,17-23,25H2,1-5H3/t27-,31+,32+,35-,36+,37+,44+,45-/m1/s1. The molecule has 0 radical (unpaired) electrons. The molecule has 1 aromatic carbocycles. The Kier molecular flexibility index (Phi) is 9.97. The first-order valence-electron chi connectivity index (χ1n) is 20.3. The number of hydrogen-bond donors (Lipinski definition) is 0. The molecule has 0 amide bonds. The molecule has 5 aliphatic carbocycles. The zero-order valence-electron chi connectivity index (χ0n) is 31.5. The second-order valence-electron chi connectivity index (χ2n) is 18.1. The van der Waals surface area contributed by atoms with E-state index in [9.17, 15) is 9.59 Å². The molecule has 3 saturated carbocycles. The zero-order valence-corrected chi connectivity index (χ0v) is 34.8. The normalized spacial score (nSPS) is 32.6. The third kappa shape index (κ3) is 6.33. The topological polar surface area (TPSA) is 56.5 Å². The molecule has 4 nitrogen and oxygen atoms in total. The molecule has 0 unspecified atom stereocenters. The average Bonchev–Trinajstić information content (AvgIpc) is 3.65. The quantitative estimate of drug-likeness (QED) is 0.0983. The van der Waals surface area contributed by atoms with Gasteiger partial charge in [-0.25, -0.2) is 0 Å². The minimum absolute atomic E-state index is 0.0157. The molecule has 51 heavy (non-hydrogen) atoms. The van der Waals surface area contributed by atoms with Crippen LogP contribution in [0.4, 0.5) is 0 Å². The van der Waals surface area contributed by atoms with Crippen molar-refractivity contribution in [2.45, 2.75) is 137 Å². The summed E-state index contributed by atoms with van der Waals surface area (Å²) in [5.41, 5.74) is 3.64. The summed E-state index contributed by atoms with van der Waals surface area (Å²) in [6.07, 6.45) is 23.0. The van der Waals surface area contributed by atoms with Crippen molar-refractivity contribution in [2.24, 2.45) is 46.3 Å². The second kappa shape index (κ2) is 14.1. The number of carbonyl (C=O) groups is 1. The number of halogens is 1. The number of esters is 1. The van der Waals surface area contributed by atoms with Gasteiger partial charge < -0.3 is 0 Å². The molecule has 6 heteroatoms. The minimum Gasteiger partial charge on any atom is -0.0591 e. The van der Waals surface area contributed by atoms with E-state index in [1.165, 1.54) is 79.8 Å². The molecule has 8 rings (SSSR count). The molecule has 0 spiro atoms. The molecule has 0 bridgehead atoms. The van der Waals surface area contributed by atoms with Gasteiger partial charge in [-0.3, -0.25) is 0 Å². The molecular formula is C45H57BrO4Se. The maximum absolute atomic E-state index is 13.6. The summed E-state index contributed by atoms with van der Waals surface area (Å²) >= 11 is 3.91. The van der Waals surface area contributed by atoms with Crippen molar-refractivity contribution in [1.29, 1.82) is 0 Å². The number of rotatable bonds is 8. The first kappa shape index (κ1) is 36.1. The molecule has 0 aliphatic heterocycles. The van der Waals surface area contributed by atoms with Crippen molar-refractivity contribution >= 4 is 62.6 Å². The third-order valence-corrected chi connectivity index (χ3v) is 18.9. The summed E-state index contributed by atoms with van der Waals surface area (Å²) in [7, 11) is 0. The van der Waals surface area contributed by atoms with E-state index in [2.05, 4.69) is 68.8 Å². The van der Waals surface area contributed by atoms with Gasteiger partial charge in [-0.2, -0.15) is 0 Å². The third-order valence-electron chi connectivity index (χ3n) is 14.8. The van der Waals surface area contributed by atoms with Crippen LogP contribution in [0.2, 0.25) is 0 Å². The van der Waals surface area contributed by atoms with E-state index in [1.807, 2.05) is 6.07 Å². The van der Waals surface area contributed by atoms with Crippen LogP contribution in [0.1, 0.15) is 146 Å². The maximum atomic E-state index is 13.6. The van der Waals surface area contributed by atoms with E-state index in [0.717, 1.165) is 87.1 Å². The SMILES string of the molecule is CC(C)CCC[C@@H](C)[C@H]1CC[C@H]2[C@@H]3CC=C4C[C@@H](OC(=O)c5cc6ccc7c(Br)c(C8=CCCCC8)[se]c7c6oc5=O)CC[C@]4(C)[C@H]3CC[C@]12C. The summed E-state index contributed by atoms with van der Waals surface area (Å²) in [6, 6.07) is 5.80. The number of hydrogen-bond acceptors (Lipinski definition) is 4. The van der Waals surface area contributed by atoms with Gasteiger partial charge >= 0.3 is 213 Å². The van der Waals surface area contributed by atoms with Gasteiger partial charge in [-0.1, -0.05) is 47.0 Å². The summed E-state index contributed by atoms with van der Waals surface area (Å²) in [5.74, 6) is 4.30. The van der Waals surface area contributed by atoms with E-state index in [4.69, 9.17) is 9.15 Å². The van der Waals surface area contributed by atoms with E-state index in [1.54, 1.807) is 6.07 Å². The monoisotopic (exact) mass is 820 g/mol. The van der Waals surface area contributed by atoms with Crippen molar-refractivity contribution in [1.82, 2.24) is 0 Å². The smallest absolute Gasteiger partial charge is 0.0591 e. The first-order chi connectivity index (χ1) is 24.5. The Balaban J connectivity index is 0.963. The number of allylic oxidation sites excluding steroid dienone is 3. The fourth-order valence-electron chi connectivity index (χ4n) is 12.1. The number of ether oxygens (including phenoxy) is 1. The molecule has 8 atom stereocenters. The average molecular weight is 821 g/mol. The van der Waals surface area contributed by atoms with Gasteiger partial charge in [-0.05, 0) is 60.7 Å². The molecular weight excluding hydrogens is 763 g/mol. The Hall–Kier alpha value is -1.88. The number of fused-ring (bicyclic) bond motifs is 8. The number of benzene rings is 1. The predicted octanol–water partition coefficient (Wildman–Crippen LogP) is 12.3. The first-order valence-corrected chi connectivity index (χ1v) is 22.8. The molecule has 3 aromatic rings. The minimum atomic E-state index is -0.590. The summed E-state index contributed by atoms with van der Waals surface area (Å²) in [5, 5.41) is 1.90. The van der Waals surface area contributed by atoms with E-state index < -0.39 is 11.6 Å². The molecule has 2 heterocycles. The molecule has 3 fully saturated rings. The van der Waals surface area contributed by atoms with Crippen LogP contribution in [0.3, 0.4) is 0 Å². The van der Waals surface area contributed by atoms with Gasteiger partial charge in [0.25, 0.3) is 0 Å². The van der Waals surface area contributed by atoms with Crippen LogP contribution in [0, 0.1) is 46.3 Å². The van der Waals surface area contributed by atoms with Gasteiger partial charge in [0.05, 0.1) is 0 Å². The van der Waals surface area contributed by atoms with Crippen molar-refractivity contribution in [3.05, 3.63) is 60.8 Å². The van der Waals surface area contributed by atoms with Crippen LogP contribution >= 0.6 is 15.9 Å². The van der Waals surface area contributed by atoms with Gasteiger partial charge in [0, 0.05) is 0 Å². The van der Waals surface area contributed by atoms with E-state index in [0.29, 0.717) is 11.0 Å². The summed E-state index contributed by atoms with van der Waals surface area (Å²) in [6.45, 7) is 12.5. The molecule has 0 saturated heterocycles. The summed E-state index contributed by atoms with van der Waals surface area (Å²) in [4.78, 5) is 27.0. The molecule has 0 N–H and O–H groups in total. The molecule has 2 aromatic heterocycles. The van der Waals surface area contributed by atoms with Gasteiger partial charge in [0.2, 0.25) is 0 Å². The van der Waals surface area contributed by atoms with E-state index in [-0.39, 0.29) is 31.6 Å². The van der Waals surface area contributed by atoms with Gasteiger partial charge in [-0.15, -0.1) is 0 Å². The Bertz CT molecular complexity index is 1950. The Morgan fingerprint density at radius 2 is 1.88 bits per heavy atom. The van der Waals surface area contributed by atoms with Crippen LogP contribution in [-0.2, 0) is 4.74 Å². The van der Waals surface area contributed by atoms with Crippen molar-refractivity contribution < 1.29 is 13.9 Å². The predicted molar refractivity (Wildman–Crippen MR) is 213 cm³/mol. The van der Waals surface area contributed by atoms with Gasteiger partial charge in [0.15, 0.2) is 0 Å². The van der Waals surface area contributed by atoms with Crippen molar-refractivity contribution in [2.75, 3.05) is 0 Å². The van der Waals surface area contributed by atoms with Crippen LogP contribution in [0.25, 0.3) is 26.2 Å². The van der Waals surface area contributed by atoms with E-state index >= 15 is 0 Å². The van der Waals surface area contributed by atoms with Crippen LogP contribution in [0.5, 0.6) is 0 Å². The zero-order chi connectivity index (χ0) is 35.7. The number of carbonyl (C=O) groups excluding carboxylic acids is 1. The second-order valence-corrected chi connectivity index (χ2v) is 21.0. The molecule has 274 valence electrons. The van der Waals surface area contributed by atoms with Gasteiger partial charge in [0.1, 0.15) is 0 Å². The van der Waals surface area contributed by atoms with Crippen LogP contribution < -0.4 is 5.63 Å².